The molecule has 66 valence electrons. The van der Waals surface area contributed by atoms with Crippen LogP contribution in [0.1, 0.15) is 19.3 Å². The highest BCUT2D eigenvalue weighted by molar-refractivity contribution is 5.75. The van der Waals surface area contributed by atoms with Gasteiger partial charge in [-0.25, -0.2) is 4.79 Å². The van der Waals surface area contributed by atoms with E-state index in [1.165, 1.54) is 0 Å². The van der Waals surface area contributed by atoms with Gasteiger partial charge in [0.2, 0.25) is 5.72 Å². The van der Waals surface area contributed by atoms with Gasteiger partial charge in [0.25, 0.3) is 0 Å². The molecule has 5 heteroatoms. The highest BCUT2D eigenvalue weighted by Gasteiger charge is 2.29. The third-order valence-corrected chi connectivity index (χ3v) is 1.38. The summed E-state index contributed by atoms with van der Waals surface area (Å²) in [4.78, 5) is 10.2. The standard InChI is InChI=1S/C6H14N2O3/c7-4-2-1-3-6(8,11)5(9)10/h11H,1-4,7-8H2,(H,9,10). The first kappa shape index (κ1) is 10.3. The molecule has 0 radical (unpaired) electrons. The van der Waals surface area contributed by atoms with Crippen molar-refractivity contribution in [2.24, 2.45) is 11.5 Å². The lowest BCUT2D eigenvalue weighted by molar-refractivity contribution is -0.158. The van der Waals surface area contributed by atoms with Gasteiger partial charge >= 0.3 is 5.97 Å². The van der Waals surface area contributed by atoms with E-state index in [0.717, 1.165) is 0 Å². The summed E-state index contributed by atoms with van der Waals surface area (Å²) in [6.45, 7) is 0.482. The van der Waals surface area contributed by atoms with Crippen LogP contribution in [-0.4, -0.2) is 28.5 Å². The average Bonchev–Trinajstić information content (AvgIpc) is 1.88. The Morgan fingerprint density at radius 1 is 1.45 bits per heavy atom. The molecule has 5 nitrogen and oxygen atoms in total. The van der Waals surface area contributed by atoms with Crippen LogP contribution < -0.4 is 11.5 Å². The maximum absolute atomic E-state index is 10.2. The minimum Gasteiger partial charge on any atom is -0.478 e. The van der Waals surface area contributed by atoms with E-state index in [1.54, 1.807) is 0 Å². The number of hydrogen-bond acceptors (Lipinski definition) is 4. The molecule has 0 heterocycles. The fourth-order valence-corrected chi connectivity index (χ4v) is 0.646. The van der Waals surface area contributed by atoms with Gasteiger partial charge in [0.15, 0.2) is 0 Å². The molecule has 0 aromatic rings. The fraction of sp³-hybridized carbons (Fsp3) is 0.833. The Morgan fingerprint density at radius 3 is 2.36 bits per heavy atom. The summed E-state index contributed by atoms with van der Waals surface area (Å²) in [5, 5.41) is 17.3. The molecule has 0 bridgehead atoms. The summed E-state index contributed by atoms with van der Waals surface area (Å²) < 4.78 is 0. The monoisotopic (exact) mass is 162 g/mol. The van der Waals surface area contributed by atoms with Gasteiger partial charge in [0.1, 0.15) is 0 Å². The van der Waals surface area contributed by atoms with Crippen LogP contribution in [-0.2, 0) is 4.79 Å². The summed E-state index contributed by atoms with van der Waals surface area (Å²) in [6, 6.07) is 0. The predicted molar refractivity (Wildman–Crippen MR) is 39.7 cm³/mol. The number of carboxylic acids is 1. The zero-order chi connectivity index (χ0) is 8.91. The highest BCUT2D eigenvalue weighted by atomic mass is 16.4. The van der Waals surface area contributed by atoms with Crippen LogP contribution in [0.25, 0.3) is 0 Å². The minimum atomic E-state index is -2.09. The lowest BCUT2D eigenvalue weighted by Gasteiger charge is -2.16. The van der Waals surface area contributed by atoms with Crippen molar-refractivity contribution in [1.82, 2.24) is 0 Å². The normalized spacial score (nSPS) is 15.9. The first-order chi connectivity index (χ1) is 5.00. The van der Waals surface area contributed by atoms with Gasteiger partial charge in [-0.2, -0.15) is 0 Å². The van der Waals surface area contributed by atoms with Crippen LogP contribution in [0.3, 0.4) is 0 Å². The molecule has 0 aliphatic carbocycles. The molecule has 0 aliphatic rings. The Bertz CT molecular complexity index is 136. The van der Waals surface area contributed by atoms with Gasteiger partial charge in [0, 0.05) is 6.42 Å². The van der Waals surface area contributed by atoms with Crippen molar-refractivity contribution < 1.29 is 15.0 Å². The van der Waals surface area contributed by atoms with Crippen molar-refractivity contribution in [3.05, 3.63) is 0 Å². The Kier molecular flexibility index (Phi) is 4.02. The van der Waals surface area contributed by atoms with Gasteiger partial charge < -0.3 is 15.9 Å². The molecule has 1 atom stereocenters. The molecule has 0 saturated heterocycles. The fourth-order valence-electron chi connectivity index (χ4n) is 0.646. The quantitative estimate of drug-likeness (QED) is 0.301. The molecule has 0 rings (SSSR count). The number of aliphatic hydroxyl groups is 1. The second kappa shape index (κ2) is 4.27. The van der Waals surface area contributed by atoms with Crippen LogP contribution in [0.4, 0.5) is 0 Å². The number of unbranched alkanes of at least 4 members (excludes halogenated alkanes) is 1. The largest absolute Gasteiger partial charge is 0.478 e. The summed E-state index contributed by atoms with van der Waals surface area (Å²) in [7, 11) is 0. The summed E-state index contributed by atoms with van der Waals surface area (Å²) >= 11 is 0. The van der Waals surface area contributed by atoms with Gasteiger partial charge in [0.05, 0.1) is 0 Å². The second-order valence-electron chi connectivity index (χ2n) is 2.48. The number of aliphatic carboxylic acids is 1. The lowest BCUT2D eigenvalue weighted by atomic mass is 10.1. The third kappa shape index (κ3) is 3.92. The first-order valence-electron chi connectivity index (χ1n) is 3.45. The maximum atomic E-state index is 10.2. The molecule has 0 aromatic carbocycles. The summed E-state index contributed by atoms with van der Waals surface area (Å²) in [6.07, 6.45) is 1.24. The van der Waals surface area contributed by atoms with E-state index in [4.69, 9.17) is 21.7 Å². The van der Waals surface area contributed by atoms with E-state index in [9.17, 15) is 4.79 Å². The molecule has 0 aliphatic heterocycles. The number of carboxylic acid groups (broad SMARTS) is 1. The van der Waals surface area contributed by atoms with E-state index >= 15 is 0 Å². The SMILES string of the molecule is NCCCCC(N)(O)C(=O)O. The number of rotatable bonds is 5. The average molecular weight is 162 g/mol. The maximum Gasteiger partial charge on any atom is 0.350 e. The first-order valence-corrected chi connectivity index (χ1v) is 3.45. The Morgan fingerprint density at radius 2 is 2.00 bits per heavy atom. The van der Waals surface area contributed by atoms with Gasteiger partial charge in [-0.15, -0.1) is 0 Å². The van der Waals surface area contributed by atoms with Crippen molar-refractivity contribution in [3.63, 3.8) is 0 Å². The zero-order valence-corrected chi connectivity index (χ0v) is 6.29. The Labute approximate surface area is 65.0 Å². The van der Waals surface area contributed by atoms with Crippen molar-refractivity contribution in [2.75, 3.05) is 6.54 Å². The van der Waals surface area contributed by atoms with Crippen LogP contribution in [0.15, 0.2) is 0 Å². The highest BCUT2D eigenvalue weighted by Crippen LogP contribution is 2.07. The Hall–Kier alpha value is -0.650. The summed E-state index contributed by atoms with van der Waals surface area (Å²) in [5.74, 6) is -1.39. The molecule has 0 saturated carbocycles. The molecular formula is C6H14N2O3. The zero-order valence-electron chi connectivity index (χ0n) is 6.29. The molecule has 1 unspecified atom stereocenters. The van der Waals surface area contributed by atoms with Crippen molar-refractivity contribution >= 4 is 5.97 Å². The number of carbonyl (C=O) groups is 1. The van der Waals surface area contributed by atoms with Crippen molar-refractivity contribution in [1.29, 1.82) is 0 Å². The van der Waals surface area contributed by atoms with Gasteiger partial charge in [-0.3, -0.25) is 5.73 Å². The summed E-state index contributed by atoms with van der Waals surface area (Å²) in [5.41, 5.74) is 8.09. The van der Waals surface area contributed by atoms with E-state index in [2.05, 4.69) is 0 Å². The van der Waals surface area contributed by atoms with E-state index < -0.39 is 11.7 Å². The lowest BCUT2D eigenvalue weighted by Crippen LogP contribution is -2.47. The van der Waals surface area contributed by atoms with E-state index in [0.29, 0.717) is 19.4 Å². The smallest absolute Gasteiger partial charge is 0.350 e. The molecule has 0 fully saturated rings. The van der Waals surface area contributed by atoms with Gasteiger partial charge in [-0.05, 0) is 19.4 Å². The molecule has 0 spiro atoms. The van der Waals surface area contributed by atoms with Crippen LogP contribution >= 0.6 is 0 Å². The molecule has 6 N–H and O–H groups in total. The molecule has 11 heavy (non-hydrogen) atoms. The molecule has 0 aromatic heterocycles. The molecular weight excluding hydrogens is 148 g/mol. The van der Waals surface area contributed by atoms with Crippen LogP contribution in [0.2, 0.25) is 0 Å². The Balaban J connectivity index is 3.64. The number of nitrogens with two attached hydrogens (primary N) is 2. The third-order valence-electron chi connectivity index (χ3n) is 1.38. The van der Waals surface area contributed by atoms with Crippen LogP contribution in [0, 0.1) is 0 Å². The van der Waals surface area contributed by atoms with Crippen molar-refractivity contribution in [2.45, 2.75) is 25.0 Å². The van der Waals surface area contributed by atoms with E-state index in [-0.39, 0.29) is 6.42 Å². The van der Waals surface area contributed by atoms with Crippen molar-refractivity contribution in [3.8, 4) is 0 Å². The second-order valence-corrected chi connectivity index (χ2v) is 2.48. The number of hydrogen-bond donors (Lipinski definition) is 4. The van der Waals surface area contributed by atoms with E-state index in [1.807, 2.05) is 0 Å². The van der Waals surface area contributed by atoms with Crippen LogP contribution in [0.5, 0.6) is 0 Å². The predicted octanol–water partition coefficient (Wildman–Crippen LogP) is -1.15. The topological polar surface area (TPSA) is 110 Å². The van der Waals surface area contributed by atoms with Gasteiger partial charge in [-0.1, -0.05) is 0 Å². The molecule has 0 amide bonds. The minimum absolute atomic E-state index is 0.0412.